The Morgan fingerprint density at radius 2 is 1.91 bits per heavy atom. The number of amides is 3. The first-order chi connectivity index (χ1) is 15.6. The van der Waals surface area contributed by atoms with E-state index < -0.39 is 36.2 Å². The molecule has 3 amide bonds. The Hall–Kier alpha value is -4.16. The quantitative estimate of drug-likeness (QED) is 0.203. The summed E-state index contributed by atoms with van der Waals surface area (Å²) in [6.45, 7) is 0.302. The Labute approximate surface area is 189 Å². The van der Waals surface area contributed by atoms with E-state index in [1.54, 1.807) is 6.07 Å². The SMILES string of the molecule is COC(=O)C[C@H](NC(=O)c1cccc(NC(=O)CN2CCN(C(=N)N)CC2=O)c1)C(=O)OC. The van der Waals surface area contributed by atoms with Gasteiger partial charge in [0, 0.05) is 24.3 Å². The highest BCUT2D eigenvalue weighted by Crippen LogP contribution is 2.12. The molecule has 5 N–H and O–H groups in total. The summed E-state index contributed by atoms with van der Waals surface area (Å²) >= 11 is 0. The number of nitrogens with one attached hydrogen (secondary N) is 3. The van der Waals surface area contributed by atoms with Gasteiger partial charge in [-0.2, -0.15) is 0 Å². The van der Waals surface area contributed by atoms with Crippen molar-refractivity contribution in [2.45, 2.75) is 12.5 Å². The van der Waals surface area contributed by atoms with E-state index in [1.165, 1.54) is 28.0 Å². The second-order valence-corrected chi connectivity index (χ2v) is 7.08. The lowest BCUT2D eigenvalue weighted by Gasteiger charge is -2.34. The zero-order valence-corrected chi connectivity index (χ0v) is 18.3. The molecule has 0 aromatic heterocycles. The maximum atomic E-state index is 12.6. The summed E-state index contributed by atoms with van der Waals surface area (Å²) in [5.74, 6) is -3.20. The Morgan fingerprint density at radius 1 is 1.18 bits per heavy atom. The van der Waals surface area contributed by atoms with E-state index in [4.69, 9.17) is 11.1 Å². The molecular formula is C20H26N6O7. The van der Waals surface area contributed by atoms with Crippen LogP contribution in [-0.4, -0.2) is 91.9 Å². The second kappa shape index (κ2) is 11.5. The van der Waals surface area contributed by atoms with Crippen LogP contribution in [0, 0.1) is 5.41 Å². The van der Waals surface area contributed by atoms with Crippen LogP contribution in [0.3, 0.4) is 0 Å². The Bertz CT molecular complexity index is 951. The van der Waals surface area contributed by atoms with E-state index >= 15 is 0 Å². The third kappa shape index (κ3) is 7.19. The number of ether oxygens (including phenoxy) is 2. The molecule has 13 heteroatoms. The van der Waals surface area contributed by atoms with Gasteiger partial charge in [-0.1, -0.05) is 6.07 Å². The molecule has 0 bridgehead atoms. The molecule has 0 saturated carbocycles. The van der Waals surface area contributed by atoms with Crippen LogP contribution in [0.15, 0.2) is 24.3 Å². The molecule has 33 heavy (non-hydrogen) atoms. The van der Waals surface area contributed by atoms with Crippen LogP contribution in [0.1, 0.15) is 16.8 Å². The second-order valence-electron chi connectivity index (χ2n) is 7.08. The average Bonchev–Trinajstić information content (AvgIpc) is 2.79. The molecule has 1 saturated heterocycles. The number of carbonyl (C=O) groups is 5. The maximum absolute atomic E-state index is 12.6. The lowest BCUT2D eigenvalue weighted by Crippen LogP contribution is -2.55. The number of hydrogen-bond donors (Lipinski definition) is 4. The normalized spacial score (nSPS) is 14.2. The van der Waals surface area contributed by atoms with Gasteiger partial charge in [-0.3, -0.25) is 24.6 Å². The summed E-state index contributed by atoms with van der Waals surface area (Å²) in [5, 5.41) is 12.4. The van der Waals surface area contributed by atoms with E-state index in [-0.39, 0.29) is 37.1 Å². The molecule has 0 spiro atoms. The third-order valence-electron chi connectivity index (χ3n) is 4.79. The van der Waals surface area contributed by atoms with E-state index in [9.17, 15) is 24.0 Å². The maximum Gasteiger partial charge on any atom is 0.328 e. The van der Waals surface area contributed by atoms with Gasteiger partial charge in [0.25, 0.3) is 5.91 Å². The standard InChI is InChI=1S/C20H26N6O7/c1-32-17(29)9-14(19(31)33-2)24-18(30)12-4-3-5-13(8-12)23-15(27)10-25-6-7-26(20(21)22)11-16(25)28/h3-5,8,14H,6-7,9-11H2,1-2H3,(H3,21,22)(H,23,27)(H,24,30)/t14-/m0/s1. The van der Waals surface area contributed by atoms with E-state index in [1.807, 2.05) is 0 Å². The predicted octanol–water partition coefficient (Wildman–Crippen LogP) is -1.50. The van der Waals surface area contributed by atoms with Crippen molar-refractivity contribution >= 4 is 41.3 Å². The van der Waals surface area contributed by atoms with Gasteiger partial charge < -0.3 is 35.6 Å². The number of carbonyl (C=O) groups excluding carboxylic acids is 5. The third-order valence-corrected chi connectivity index (χ3v) is 4.79. The van der Waals surface area contributed by atoms with Crippen LogP contribution in [-0.2, 0) is 28.7 Å². The van der Waals surface area contributed by atoms with Gasteiger partial charge in [0.1, 0.15) is 6.04 Å². The number of piperazine rings is 1. The van der Waals surface area contributed by atoms with Gasteiger partial charge >= 0.3 is 11.9 Å². The number of rotatable bonds is 8. The van der Waals surface area contributed by atoms with Crippen molar-refractivity contribution in [1.82, 2.24) is 15.1 Å². The van der Waals surface area contributed by atoms with Crippen molar-refractivity contribution in [3.8, 4) is 0 Å². The van der Waals surface area contributed by atoms with Crippen LogP contribution in [0.5, 0.6) is 0 Å². The average molecular weight is 462 g/mol. The minimum atomic E-state index is -1.24. The van der Waals surface area contributed by atoms with Crippen LogP contribution < -0.4 is 16.4 Å². The van der Waals surface area contributed by atoms with Crippen LogP contribution in [0.2, 0.25) is 0 Å². The van der Waals surface area contributed by atoms with Gasteiger partial charge in [0.05, 0.1) is 33.7 Å². The summed E-state index contributed by atoms with van der Waals surface area (Å²) in [5.41, 5.74) is 5.80. The lowest BCUT2D eigenvalue weighted by molar-refractivity contribution is -0.149. The molecular weight excluding hydrogens is 436 g/mol. The fraction of sp³-hybridized carbons (Fsp3) is 0.400. The molecule has 0 aliphatic carbocycles. The van der Waals surface area contributed by atoms with Crippen molar-refractivity contribution in [2.24, 2.45) is 5.73 Å². The van der Waals surface area contributed by atoms with Crippen LogP contribution in [0.4, 0.5) is 5.69 Å². The Morgan fingerprint density at radius 3 is 2.52 bits per heavy atom. The number of hydrogen-bond acceptors (Lipinski definition) is 8. The molecule has 1 heterocycles. The number of esters is 2. The van der Waals surface area contributed by atoms with Crippen molar-refractivity contribution in [3.63, 3.8) is 0 Å². The monoisotopic (exact) mass is 462 g/mol. The molecule has 0 radical (unpaired) electrons. The predicted molar refractivity (Wildman–Crippen MR) is 115 cm³/mol. The van der Waals surface area contributed by atoms with Crippen LogP contribution >= 0.6 is 0 Å². The smallest absolute Gasteiger partial charge is 0.328 e. The first-order valence-corrected chi connectivity index (χ1v) is 9.86. The van der Waals surface area contributed by atoms with Crippen molar-refractivity contribution < 1.29 is 33.4 Å². The van der Waals surface area contributed by atoms with Crippen molar-refractivity contribution in [1.29, 1.82) is 5.41 Å². The number of methoxy groups -OCH3 is 2. The summed E-state index contributed by atoms with van der Waals surface area (Å²) in [6.07, 6.45) is -0.406. The topological polar surface area (TPSA) is 184 Å². The van der Waals surface area contributed by atoms with Crippen LogP contribution in [0.25, 0.3) is 0 Å². The van der Waals surface area contributed by atoms with Gasteiger partial charge in [-0.25, -0.2) is 4.79 Å². The molecule has 1 fully saturated rings. The van der Waals surface area contributed by atoms with Gasteiger partial charge in [0.2, 0.25) is 11.8 Å². The molecule has 0 unspecified atom stereocenters. The molecule has 1 aliphatic heterocycles. The molecule has 1 aromatic carbocycles. The molecule has 1 aliphatic rings. The number of anilines is 1. The van der Waals surface area contributed by atoms with Gasteiger partial charge in [-0.15, -0.1) is 0 Å². The van der Waals surface area contributed by atoms with Crippen molar-refractivity contribution in [2.75, 3.05) is 45.7 Å². The van der Waals surface area contributed by atoms with Crippen molar-refractivity contribution in [3.05, 3.63) is 29.8 Å². The van der Waals surface area contributed by atoms with E-state index in [2.05, 4.69) is 20.1 Å². The zero-order valence-electron chi connectivity index (χ0n) is 18.3. The number of benzene rings is 1. The first kappa shape index (κ1) is 25.1. The lowest BCUT2D eigenvalue weighted by atomic mass is 10.1. The summed E-state index contributed by atoms with van der Waals surface area (Å²) in [4.78, 5) is 63.2. The van der Waals surface area contributed by atoms with Gasteiger partial charge in [0.15, 0.2) is 5.96 Å². The minimum Gasteiger partial charge on any atom is -0.469 e. The molecule has 2 rings (SSSR count). The summed E-state index contributed by atoms with van der Waals surface area (Å²) in [7, 11) is 2.28. The molecule has 178 valence electrons. The minimum absolute atomic E-state index is 0.0782. The highest BCUT2D eigenvalue weighted by molar-refractivity contribution is 6.00. The first-order valence-electron chi connectivity index (χ1n) is 9.86. The van der Waals surface area contributed by atoms with Gasteiger partial charge in [-0.05, 0) is 18.2 Å². The molecule has 1 aromatic rings. The molecule has 13 nitrogen and oxygen atoms in total. The van der Waals surface area contributed by atoms with E-state index in [0.29, 0.717) is 12.2 Å². The Kier molecular flexibility index (Phi) is 8.72. The summed E-state index contributed by atoms with van der Waals surface area (Å²) in [6, 6.07) is 4.68. The summed E-state index contributed by atoms with van der Waals surface area (Å²) < 4.78 is 9.12. The number of guanidine groups is 1. The highest BCUT2D eigenvalue weighted by Gasteiger charge is 2.27. The Balaban J connectivity index is 1.99. The fourth-order valence-corrected chi connectivity index (χ4v) is 3.02. The number of nitrogens with zero attached hydrogens (tertiary/aromatic N) is 2. The van der Waals surface area contributed by atoms with E-state index in [0.717, 1.165) is 14.2 Å². The fourth-order valence-electron chi connectivity index (χ4n) is 3.02. The molecule has 1 atom stereocenters. The highest BCUT2D eigenvalue weighted by atomic mass is 16.5. The largest absolute Gasteiger partial charge is 0.469 e. The number of nitrogens with two attached hydrogens (primary N) is 1. The zero-order chi connectivity index (χ0) is 24.5.